The quantitative estimate of drug-likeness (QED) is 0.792. The molecule has 16 heavy (non-hydrogen) atoms. The average Bonchev–Trinajstić information content (AvgIpc) is 2.76. The summed E-state index contributed by atoms with van der Waals surface area (Å²) in [5, 5.41) is 13.8. The van der Waals surface area contributed by atoms with Gasteiger partial charge in [-0.2, -0.15) is 5.10 Å². The van der Waals surface area contributed by atoms with Gasteiger partial charge in [0, 0.05) is 11.2 Å². The number of hydrogen-bond acceptors (Lipinski definition) is 3. The molecule has 1 saturated carbocycles. The number of nitrogens with zero attached hydrogens (tertiary/aromatic N) is 2. The van der Waals surface area contributed by atoms with E-state index in [-0.39, 0.29) is 6.61 Å². The zero-order chi connectivity index (χ0) is 11.9. The SMILES string of the molecule is Cc1nn(C2CCC(N)(CO)C2)c(C)c1C. The molecule has 1 aromatic rings. The first-order valence-corrected chi connectivity index (χ1v) is 5.89. The minimum absolute atomic E-state index is 0.0712. The summed E-state index contributed by atoms with van der Waals surface area (Å²) in [7, 11) is 0. The van der Waals surface area contributed by atoms with Gasteiger partial charge in [-0.05, 0) is 45.6 Å². The monoisotopic (exact) mass is 223 g/mol. The van der Waals surface area contributed by atoms with Crippen molar-refractivity contribution in [3.63, 3.8) is 0 Å². The van der Waals surface area contributed by atoms with Gasteiger partial charge in [-0.3, -0.25) is 4.68 Å². The predicted octanol–water partition coefficient (Wildman–Crippen LogP) is 1.22. The van der Waals surface area contributed by atoms with Crippen LogP contribution in [-0.2, 0) is 0 Å². The Morgan fingerprint density at radius 3 is 2.62 bits per heavy atom. The van der Waals surface area contributed by atoms with E-state index in [1.165, 1.54) is 11.3 Å². The summed E-state index contributed by atoms with van der Waals surface area (Å²) in [6.07, 6.45) is 2.72. The van der Waals surface area contributed by atoms with E-state index in [2.05, 4.69) is 23.6 Å². The molecular formula is C12H21N3O. The van der Waals surface area contributed by atoms with Crippen molar-refractivity contribution in [2.75, 3.05) is 6.61 Å². The fourth-order valence-electron chi connectivity index (χ4n) is 2.58. The van der Waals surface area contributed by atoms with Gasteiger partial charge >= 0.3 is 0 Å². The standard InChI is InChI=1S/C12H21N3O/c1-8-9(2)14-15(10(8)3)11-4-5-12(13,6-11)7-16/h11,16H,4-7,13H2,1-3H3. The molecule has 1 aliphatic carbocycles. The fourth-order valence-corrected chi connectivity index (χ4v) is 2.58. The highest BCUT2D eigenvalue weighted by Gasteiger charge is 2.37. The van der Waals surface area contributed by atoms with Crippen molar-refractivity contribution in [1.82, 2.24) is 9.78 Å². The minimum Gasteiger partial charge on any atom is -0.394 e. The Morgan fingerprint density at radius 2 is 2.19 bits per heavy atom. The van der Waals surface area contributed by atoms with Gasteiger partial charge in [-0.25, -0.2) is 0 Å². The molecule has 4 heteroatoms. The van der Waals surface area contributed by atoms with Crippen LogP contribution in [0.1, 0.15) is 42.3 Å². The second-order valence-electron chi connectivity index (χ2n) is 5.16. The van der Waals surface area contributed by atoms with Crippen molar-refractivity contribution in [2.24, 2.45) is 5.73 Å². The van der Waals surface area contributed by atoms with Crippen molar-refractivity contribution in [1.29, 1.82) is 0 Å². The van der Waals surface area contributed by atoms with Gasteiger partial charge in [0.05, 0.1) is 18.3 Å². The third-order valence-electron chi connectivity index (χ3n) is 3.97. The van der Waals surface area contributed by atoms with Crippen LogP contribution in [0.25, 0.3) is 0 Å². The third kappa shape index (κ3) is 1.76. The molecule has 1 aliphatic rings. The van der Waals surface area contributed by atoms with Crippen LogP contribution in [0.15, 0.2) is 0 Å². The van der Waals surface area contributed by atoms with E-state index >= 15 is 0 Å². The average molecular weight is 223 g/mol. The number of aryl methyl sites for hydroxylation is 1. The molecule has 0 spiro atoms. The van der Waals surface area contributed by atoms with Crippen LogP contribution in [-0.4, -0.2) is 27.0 Å². The van der Waals surface area contributed by atoms with Crippen LogP contribution in [0, 0.1) is 20.8 Å². The first kappa shape index (κ1) is 11.6. The molecule has 0 radical (unpaired) electrons. The van der Waals surface area contributed by atoms with Gasteiger partial charge in [0.25, 0.3) is 0 Å². The lowest BCUT2D eigenvalue weighted by Gasteiger charge is -2.21. The van der Waals surface area contributed by atoms with E-state index < -0.39 is 5.54 Å². The topological polar surface area (TPSA) is 64.1 Å². The number of hydrogen-bond donors (Lipinski definition) is 2. The second-order valence-corrected chi connectivity index (χ2v) is 5.16. The Labute approximate surface area is 96.5 Å². The van der Waals surface area contributed by atoms with Gasteiger partial charge < -0.3 is 10.8 Å². The largest absolute Gasteiger partial charge is 0.394 e. The molecule has 0 aliphatic heterocycles. The normalized spacial score (nSPS) is 29.9. The lowest BCUT2D eigenvalue weighted by molar-refractivity contribution is 0.195. The van der Waals surface area contributed by atoms with E-state index in [1.54, 1.807) is 0 Å². The van der Waals surface area contributed by atoms with Gasteiger partial charge in [0.1, 0.15) is 0 Å². The van der Waals surface area contributed by atoms with Gasteiger partial charge in [-0.15, -0.1) is 0 Å². The summed E-state index contributed by atoms with van der Waals surface area (Å²) in [5.74, 6) is 0. The van der Waals surface area contributed by atoms with Gasteiger partial charge in [0.2, 0.25) is 0 Å². The van der Waals surface area contributed by atoms with E-state index in [1.807, 2.05) is 6.92 Å². The molecule has 1 fully saturated rings. The molecule has 2 unspecified atom stereocenters. The minimum atomic E-state index is -0.398. The third-order valence-corrected chi connectivity index (χ3v) is 3.97. The maximum absolute atomic E-state index is 9.26. The van der Waals surface area contributed by atoms with E-state index in [0.29, 0.717) is 6.04 Å². The molecule has 0 bridgehead atoms. The van der Waals surface area contributed by atoms with Crippen LogP contribution in [0.5, 0.6) is 0 Å². The number of rotatable bonds is 2. The number of aliphatic hydroxyl groups excluding tert-OH is 1. The molecule has 2 rings (SSSR count). The van der Waals surface area contributed by atoms with E-state index in [9.17, 15) is 5.11 Å². The molecule has 1 aromatic heterocycles. The summed E-state index contributed by atoms with van der Waals surface area (Å²) in [6, 6.07) is 0.351. The van der Waals surface area contributed by atoms with Crippen molar-refractivity contribution in [3.05, 3.63) is 17.0 Å². The number of nitrogens with two attached hydrogens (primary N) is 1. The lowest BCUT2D eigenvalue weighted by Crippen LogP contribution is -2.40. The summed E-state index contributed by atoms with van der Waals surface area (Å²) in [4.78, 5) is 0. The second kappa shape index (κ2) is 3.86. The van der Waals surface area contributed by atoms with Crippen LogP contribution >= 0.6 is 0 Å². The van der Waals surface area contributed by atoms with E-state index in [0.717, 1.165) is 25.0 Å². The Hall–Kier alpha value is -0.870. The van der Waals surface area contributed by atoms with Gasteiger partial charge in [-0.1, -0.05) is 0 Å². The molecule has 3 N–H and O–H groups in total. The first-order valence-electron chi connectivity index (χ1n) is 5.89. The smallest absolute Gasteiger partial charge is 0.0625 e. The number of aliphatic hydroxyl groups is 1. The van der Waals surface area contributed by atoms with Crippen LogP contribution in [0.2, 0.25) is 0 Å². The summed E-state index contributed by atoms with van der Waals surface area (Å²) in [6.45, 7) is 6.31. The Kier molecular flexibility index (Phi) is 2.80. The van der Waals surface area contributed by atoms with Crippen LogP contribution in [0.3, 0.4) is 0 Å². The molecule has 4 nitrogen and oxygen atoms in total. The molecule has 1 heterocycles. The Bertz CT molecular complexity index is 399. The number of aromatic nitrogens is 2. The summed E-state index contributed by atoms with van der Waals surface area (Å²) < 4.78 is 2.09. The zero-order valence-corrected chi connectivity index (χ0v) is 10.3. The molecule has 0 amide bonds. The van der Waals surface area contributed by atoms with Crippen molar-refractivity contribution in [3.8, 4) is 0 Å². The Balaban J connectivity index is 2.24. The van der Waals surface area contributed by atoms with Gasteiger partial charge in [0.15, 0.2) is 0 Å². The highest BCUT2D eigenvalue weighted by Crippen LogP contribution is 2.36. The molecular weight excluding hydrogens is 202 g/mol. The van der Waals surface area contributed by atoms with E-state index in [4.69, 9.17) is 5.73 Å². The first-order chi connectivity index (χ1) is 7.47. The van der Waals surface area contributed by atoms with Crippen molar-refractivity contribution in [2.45, 2.75) is 51.6 Å². The highest BCUT2D eigenvalue weighted by atomic mass is 16.3. The molecule has 90 valence electrons. The van der Waals surface area contributed by atoms with Crippen LogP contribution < -0.4 is 5.73 Å². The summed E-state index contributed by atoms with van der Waals surface area (Å²) in [5.41, 5.74) is 9.27. The molecule has 2 atom stereocenters. The maximum atomic E-state index is 9.26. The predicted molar refractivity (Wildman–Crippen MR) is 63.3 cm³/mol. The van der Waals surface area contributed by atoms with Crippen LogP contribution in [0.4, 0.5) is 0 Å². The lowest BCUT2D eigenvalue weighted by atomic mass is 10.0. The maximum Gasteiger partial charge on any atom is 0.0625 e. The molecule has 0 saturated heterocycles. The molecule has 0 aromatic carbocycles. The summed E-state index contributed by atoms with van der Waals surface area (Å²) >= 11 is 0. The Morgan fingerprint density at radius 1 is 1.50 bits per heavy atom. The zero-order valence-electron chi connectivity index (χ0n) is 10.3. The van der Waals surface area contributed by atoms with Crippen molar-refractivity contribution < 1.29 is 5.11 Å². The fraction of sp³-hybridized carbons (Fsp3) is 0.750. The van der Waals surface area contributed by atoms with Crippen molar-refractivity contribution >= 4 is 0 Å². The highest BCUT2D eigenvalue weighted by molar-refractivity contribution is 5.23.